The number of ether oxygens (including phenoxy) is 1. The van der Waals surface area contributed by atoms with Crippen molar-refractivity contribution in [3.05, 3.63) is 63.0 Å². The molecule has 0 radical (unpaired) electrons. The number of aliphatic hydroxyl groups excluding tert-OH is 1. The molecule has 13 nitrogen and oxygen atoms in total. The Balaban J connectivity index is 0.000000488. The van der Waals surface area contributed by atoms with Gasteiger partial charge in [-0.15, -0.1) is 0 Å². The predicted octanol–water partition coefficient (Wildman–Crippen LogP) is 2.82. The number of non-ortho nitro benzene ring substituents is 1. The number of carbonyl (C=O) groups is 2. The van der Waals surface area contributed by atoms with Gasteiger partial charge < -0.3 is 19.3 Å². The summed E-state index contributed by atoms with van der Waals surface area (Å²) in [5.74, 6) is -1.69. The Morgan fingerprint density at radius 3 is 2.39 bits per heavy atom. The third-order valence-corrected chi connectivity index (χ3v) is 9.83. The average Bonchev–Trinajstić information content (AvgIpc) is 3.52. The van der Waals surface area contributed by atoms with Crippen molar-refractivity contribution in [2.75, 3.05) is 6.26 Å². The molecule has 1 amide bonds. The van der Waals surface area contributed by atoms with E-state index in [0.717, 1.165) is 20.3 Å². The summed E-state index contributed by atoms with van der Waals surface area (Å²) in [6, 6.07) is 5.45. The van der Waals surface area contributed by atoms with Crippen molar-refractivity contribution < 1.29 is 55.1 Å². The molecule has 0 aliphatic carbocycles. The van der Waals surface area contributed by atoms with Crippen molar-refractivity contribution in [1.82, 2.24) is 9.30 Å². The van der Waals surface area contributed by atoms with E-state index >= 15 is 0 Å². The number of esters is 1. The van der Waals surface area contributed by atoms with Crippen LogP contribution in [0.5, 0.6) is 0 Å². The molecule has 1 aromatic carbocycles. The topological polar surface area (TPSA) is 175 Å². The maximum absolute atomic E-state index is 13.4. The molecule has 0 saturated carbocycles. The summed E-state index contributed by atoms with van der Waals surface area (Å²) in [5, 5.41) is 22.2. The molecular weight excluding hydrogens is 653 g/mol. The third kappa shape index (κ3) is 6.06. The number of hydrogen-bond acceptors (Lipinski definition) is 11. The SMILES string of the molecule is CSc1c2sc(C3=C(C(=O)OCc4ccc([N+](=O)[O-])cc4)N4C(=O)[C@H]([C@@H](C)O)[C@H]4[C@H]3C)cn2c[n+]1C.O=S(=O)([O-])C(F)(F)F. The largest absolute Gasteiger partial charge is 0.741 e. The molecule has 3 aromatic rings. The number of hydrogen-bond donors (Lipinski definition) is 1. The third-order valence-electron chi connectivity index (χ3n) is 7.12. The van der Waals surface area contributed by atoms with E-state index < -0.39 is 38.5 Å². The zero-order valence-corrected chi connectivity index (χ0v) is 25.8. The van der Waals surface area contributed by atoms with Crippen LogP contribution in [0.15, 0.2) is 47.5 Å². The van der Waals surface area contributed by atoms with Crippen LogP contribution in [0.25, 0.3) is 10.4 Å². The fourth-order valence-corrected chi connectivity index (χ4v) is 7.36. The lowest BCUT2D eigenvalue weighted by molar-refractivity contribution is -0.705. The minimum absolute atomic E-state index is 0.0509. The normalized spacial score (nSPS) is 20.6. The summed E-state index contributed by atoms with van der Waals surface area (Å²) < 4.78 is 68.5. The highest BCUT2D eigenvalue weighted by molar-refractivity contribution is 7.98. The van der Waals surface area contributed by atoms with Gasteiger partial charge in [-0.1, -0.05) is 30.0 Å². The number of fused-ring (bicyclic) bond motifs is 2. The minimum Gasteiger partial charge on any atom is -0.741 e. The second-order valence-corrected chi connectivity index (χ2v) is 13.2. The molecule has 0 spiro atoms. The van der Waals surface area contributed by atoms with Crippen LogP contribution in [0.2, 0.25) is 0 Å². The molecule has 44 heavy (non-hydrogen) atoms. The van der Waals surface area contributed by atoms with Gasteiger partial charge in [0, 0.05) is 23.6 Å². The van der Waals surface area contributed by atoms with Crippen molar-refractivity contribution in [1.29, 1.82) is 0 Å². The number of imidazole rings is 1. The van der Waals surface area contributed by atoms with E-state index in [4.69, 9.17) is 17.7 Å². The standard InChI is InChI=1S/C24H25N4O6S2.CHF3O3S/c1-12-17(16-9-26-11-25(3)22(35-4)23(26)36-16)20(27-19(12)18(13(2)29)21(27)30)24(31)34-10-14-5-7-15(8-6-14)28(32)33;2-1(3,4)8(5,6)7/h5-9,11-13,18-19,29H,10H2,1-4H3;(H,5,6,7)/q+1;/p-1/t12-,13+,18+,19+;/m0./s1. The van der Waals surface area contributed by atoms with Crippen LogP contribution in [0.1, 0.15) is 24.3 Å². The lowest BCUT2D eigenvalue weighted by Crippen LogP contribution is -2.63. The summed E-state index contributed by atoms with van der Waals surface area (Å²) >= 11 is 3.17. The number of alkyl halides is 3. The number of halogens is 3. The number of amides is 1. The lowest BCUT2D eigenvalue weighted by Gasteiger charge is -2.46. The number of nitrogens with zero attached hydrogens (tertiary/aromatic N) is 4. The van der Waals surface area contributed by atoms with E-state index in [0.29, 0.717) is 5.56 Å². The minimum atomic E-state index is -6.09. The quantitative estimate of drug-likeness (QED) is 0.0572. The first kappa shape index (κ1) is 33.4. The number of aryl methyl sites for hydroxylation is 1. The number of nitro benzene ring substituents is 1. The van der Waals surface area contributed by atoms with Crippen molar-refractivity contribution in [3.63, 3.8) is 0 Å². The predicted molar refractivity (Wildman–Crippen MR) is 149 cm³/mol. The molecule has 2 aliphatic rings. The van der Waals surface area contributed by atoms with Gasteiger partial charge in [0.1, 0.15) is 18.5 Å². The smallest absolute Gasteiger partial charge is 0.485 e. The van der Waals surface area contributed by atoms with Crippen LogP contribution in [-0.4, -0.2) is 68.1 Å². The van der Waals surface area contributed by atoms with E-state index in [2.05, 4.69) is 0 Å². The number of β-lactam (4-membered cyclic amide) rings is 1. The molecule has 2 aliphatic heterocycles. The Morgan fingerprint density at radius 2 is 1.89 bits per heavy atom. The van der Waals surface area contributed by atoms with Crippen molar-refractivity contribution in [2.24, 2.45) is 18.9 Å². The molecule has 0 bridgehead atoms. The van der Waals surface area contributed by atoms with Gasteiger partial charge in [-0.25, -0.2) is 17.8 Å². The molecule has 4 atom stereocenters. The van der Waals surface area contributed by atoms with E-state index in [-0.39, 0.29) is 35.9 Å². The fourth-order valence-electron chi connectivity index (χ4n) is 5.17. The molecule has 238 valence electrons. The molecule has 1 N–H and O–H groups in total. The van der Waals surface area contributed by atoms with Crippen molar-refractivity contribution in [3.8, 4) is 0 Å². The maximum atomic E-state index is 13.4. The Labute approximate surface area is 256 Å². The number of nitro groups is 1. The Kier molecular flexibility index (Phi) is 9.19. The first-order valence-corrected chi connectivity index (χ1v) is 16.1. The first-order valence-electron chi connectivity index (χ1n) is 12.6. The van der Waals surface area contributed by atoms with Gasteiger partial charge in [0.15, 0.2) is 10.1 Å². The molecule has 0 unspecified atom stereocenters. The average molecular weight is 679 g/mol. The van der Waals surface area contributed by atoms with Gasteiger partial charge in [-0.05, 0) is 30.9 Å². The number of rotatable bonds is 7. The summed E-state index contributed by atoms with van der Waals surface area (Å²) in [6.45, 7) is 3.47. The van der Waals surface area contributed by atoms with Gasteiger partial charge >= 0.3 is 11.5 Å². The van der Waals surface area contributed by atoms with Gasteiger partial charge in [0.2, 0.25) is 22.1 Å². The monoisotopic (exact) mass is 678 g/mol. The molecule has 4 heterocycles. The van der Waals surface area contributed by atoms with Crippen LogP contribution in [0.3, 0.4) is 0 Å². The van der Waals surface area contributed by atoms with Crippen LogP contribution in [0, 0.1) is 22.0 Å². The Bertz CT molecular complexity index is 1770. The van der Waals surface area contributed by atoms with Gasteiger partial charge in [0.05, 0.1) is 34.9 Å². The number of thioether (sulfide) groups is 1. The van der Waals surface area contributed by atoms with E-state index in [1.807, 2.05) is 41.7 Å². The van der Waals surface area contributed by atoms with Crippen LogP contribution >= 0.6 is 23.1 Å². The molecule has 5 rings (SSSR count). The maximum Gasteiger partial charge on any atom is 0.485 e. The lowest BCUT2D eigenvalue weighted by atomic mass is 9.77. The Morgan fingerprint density at radius 1 is 1.30 bits per heavy atom. The number of thiazole rings is 1. The summed E-state index contributed by atoms with van der Waals surface area (Å²) in [4.78, 5) is 40.2. The second kappa shape index (κ2) is 12.1. The summed E-state index contributed by atoms with van der Waals surface area (Å²) in [5.41, 5.74) is -4.17. The zero-order valence-electron chi connectivity index (χ0n) is 23.3. The molecule has 19 heteroatoms. The van der Waals surface area contributed by atoms with Crippen molar-refractivity contribution >= 4 is 61.2 Å². The number of aromatic nitrogens is 2. The van der Waals surface area contributed by atoms with Gasteiger partial charge in [0.25, 0.3) is 5.69 Å². The van der Waals surface area contributed by atoms with Crippen LogP contribution in [-0.2, 0) is 38.1 Å². The van der Waals surface area contributed by atoms with E-state index in [1.165, 1.54) is 29.2 Å². The number of carbonyl (C=O) groups excluding carboxylic acids is 2. The van der Waals surface area contributed by atoms with Crippen LogP contribution < -0.4 is 4.57 Å². The summed E-state index contributed by atoms with van der Waals surface area (Å²) in [6.07, 6.45) is 5.10. The first-order chi connectivity index (χ1) is 20.4. The highest BCUT2D eigenvalue weighted by Crippen LogP contribution is 2.52. The van der Waals surface area contributed by atoms with E-state index in [9.17, 15) is 38.0 Å². The molecule has 1 fully saturated rings. The highest BCUT2D eigenvalue weighted by Gasteiger charge is 2.60. The van der Waals surface area contributed by atoms with Gasteiger partial charge in [-0.3, -0.25) is 14.9 Å². The molecular formula is C25H25F3N4O9S3. The number of aliphatic hydroxyl groups is 1. The summed E-state index contributed by atoms with van der Waals surface area (Å²) in [7, 11) is -4.12. The zero-order chi connectivity index (χ0) is 32.9. The second-order valence-electron chi connectivity index (χ2n) is 9.96. The van der Waals surface area contributed by atoms with E-state index in [1.54, 1.807) is 30.0 Å². The molecule has 1 saturated heterocycles. The van der Waals surface area contributed by atoms with Crippen LogP contribution in [0.4, 0.5) is 18.9 Å². The highest BCUT2D eigenvalue weighted by atomic mass is 32.2. The number of benzene rings is 1. The Hall–Kier alpha value is -3.52. The fraction of sp³-hybridized carbons (Fsp3) is 0.400. The molecule has 2 aromatic heterocycles. The van der Waals surface area contributed by atoms with Gasteiger partial charge in [-0.2, -0.15) is 17.6 Å². The van der Waals surface area contributed by atoms with Crippen molar-refractivity contribution in [2.45, 2.75) is 43.1 Å².